The fourth-order valence-corrected chi connectivity index (χ4v) is 3.77. The highest BCUT2D eigenvalue weighted by atomic mass is 127. The first-order valence-corrected chi connectivity index (χ1v) is 11.3. The average Bonchev–Trinajstić information content (AvgIpc) is 3.35. The van der Waals surface area contributed by atoms with Crippen LogP contribution >= 0.6 is 35.3 Å². The minimum absolute atomic E-state index is 0. The number of hydrogen-bond acceptors (Lipinski definition) is 6. The monoisotopic (exact) mass is 561 g/mol. The summed E-state index contributed by atoms with van der Waals surface area (Å²) in [6, 6.07) is 10.2. The molecule has 3 aromatic rings. The number of furan rings is 1. The van der Waals surface area contributed by atoms with Crippen LogP contribution in [0.25, 0.3) is 0 Å². The van der Waals surface area contributed by atoms with Gasteiger partial charge in [0.25, 0.3) is 0 Å². The van der Waals surface area contributed by atoms with Crippen LogP contribution in [0, 0.1) is 6.92 Å². The van der Waals surface area contributed by atoms with E-state index in [1.165, 1.54) is 12.1 Å². The van der Waals surface area contributed by atoms with Crippen LogP contribution in [-0.4, -0.2) is 25.9 Å². The van der Waals surface area contributed by atoms with Crippen molar-refractivity contribution in [3.8, 4) is 0 Å². The maximum atomic E-state index is 11.4. The van der Waals surface area contributed by atoms with E-state index in [1.807, 2.05) is 25.3 Å². The summed E-state index contributed by atoms with van der Waals surface area (Å²) in [7, 11) is -3.70. The summed E-state index contributed by atoms with van der Waals surface area (Å²) in [5, 5.41) is 12.7. The average molecular weight is 561 g/mol. The van der Waals surface area contributed by atoms with Gasteiger partial charge in [0.2, 0.25) is 10.0 Å². The second kappa shape index (κ2) is 11.4. The number of guanidine groups is 1. The molecule has 2 aromatic heterocycles. The van der Waals surface area contributed by atoms with Crippen LogP contribution in [0.15, 0.2) is 63.2 Å². The Bertz CT molecular complexity index is 1050. The van der Waals surface area contributed by atoms with Crippen molar-refractivity contribution in [3.05, 3.63) is 70.1 Å². The molecule has 3 rings (SSSR count). The van der Waals surface area contributed by atoms with E-state index in [1.54, 1.807) is 29.7 Å². The largest absolute Gasteiger partial charge is 0.469 e. The number of primary sulfonamides is 1. The summed E-state index contributed by atoms with van der Waals surface area (Å²) in [4.78, 5) is 10.2. The molecule has 162 valence electrons. The molecule has 0 unspecified atom stereocenters. The second-order valence-corrected chi connectivity index (χ2v) is 9.21. The lowest BCUT2D eigenvalue weighted by Crippen LogP contribution is -2.38. The molecule has 0 aliphatic rings. The molecule has 1 aromatic carbocycles. The third kappa shape index (κ3) is 7.70. The summed E-state index contributed by atoms with van der Waals surface area (Å²) in [5.41, 5.74) is 0.870. The van der Waals surface area contributed by atoms with E-state index in [4.69, 9.17) is 9.56 Å². The summed E-state index contributed by atoms with van der Waals surface area (Å²) in [6.45, 7) is 3.62. The standard InChI is InChI=1S/C19H23N5O3S2.HI/c1-14-11-22-18(28-14)13-24-19(21-9-8-16-3-2-10-27-16)23-12-15-4-6-17(7-5-15)29(20,25)26;/h2-7,10-11H,8-9,12-13H2,1H3,(H2,20,25,26)(H2,21,23,24);1H. The molecule has 0 saturated carbocycles. The van der Waals surface area contributed by atoms with Gasteiger partial charge in [-0.2, -0.15) is 0 Å². The highest BCUT2D eigenvalue weighted by Crippen LogP contribution is 2.11. The van der Waals surface area contributed by atoms with Gasteiger partial charge in [-0.25, -0.2) is 23.5 Å². The summed E-state index contributed by atoms with van der Waals surface area (Å²) < 4.78 is 28.1. The first kappa shape index (κ1) is 24.3. The topological polar surface area (TPSA) is 123 Å². The number of sulfonamides is 1. The number of nitrogens with zero attached hydrogens (tertiary/aromatic N) is 2. The van der Waals surface area contributed by atoms with Gasteiger partial charge in [0.05, 0.1) is 24.2 Å². The summed E-state index contributed by atoms with van der Waals surface area (Å²) in [6.07, 6.45) is 4.22. The quantitative estimate of drug-likeness (QED) is 0.221. The molecule has 0 amide bonds. The Balaban J connectivity index is 0.00000320. The zero-order valence-corrected chi connectivity index (χ0v) is 20.3. The van der Waals surface area contributed by atoms with E-state index in [-0.39, 0.29) is 28.9 Å². The normalized spacial score (nSPS) is 11.7. The molecule has 8 nitrogen and oxygen atoms in total. The van der Waals surface area contributed by atoms with Crippen molar-refractivity contribution in [2.45, 2.75) is 31.3 Å². The SMILES string of the molecule is Cc1cnc(CNC(=NCc2ccc(S(N)(=O)=O)cc2)NCCc2ccco2)s1.I. The fraction of sp³-hybridized carbons (Fsp3) is 0.263. The number of aryl methyl sites for hydroxylation is 1. The molecule has 0 bridgehead atoms. The van der Waals surface area contributed by atoms with Crippen molar-refractivity contribution >= 4 is 51.3 Å². The highest BCUT2D eigenvalue weighted by Gasteiger charge is 2.07. The number of benzene rings is 1. The van der Waals surface area contributed by atoms with Gasteiger partial charge >= 0.3 is 0 Å². The van der Waals surface area contributed by atoms with Crippen molar-refractivity contribution in [2.75, 3.05) is 6.54 Å². The number of nitrogens with one attached hydrogen (secondary N) is 2. The second-order valence-electron chi connectivity index (χ2n) is 6.33. The summed E-state index contributed by atoms with van der Waals surface area (Å²) >= 11 is 1.63. The number of hydrogen-bond donors (Lipinski definition) is 3. The first-order chi connectivity index (χ1) is 13.9. The Morgan fingerprint density at radius 2 is 2.00 bits per heavy atom. The zero-order chi connectivity index (χ0) is 20.7. The Kier molecular flexibility index (Phi) is 9.27. The first-order valence-electron chi connectivity index (χ1n) is 8.98. The van der Waals surface area contributed by atoms with E-state index in [0.29, 0.717) is 25.6 Å². The van der Waals surface area contributed by atoms with Crippen LogP contribution in [0.5, 0.6) is 0 Å². The van der Waals surface area contributed by atoms with Crippen molar-refractivity contribution < 1.29 is 12.8 Å². The van der Waals surface area contributed by atoms with Gasteiger partial charge in [0.1, 0.15) is 10.8 Å². The Labute approximate surface area is 197 Å². The van der Waals surface area contributed by atoms with E-state index < -0.39 is 10.0 Å². The smallest absolute Gasteiger partial charge is 0.238 e. The van der Waals surface area contributed by atoms with Crippen molar-refractivity contribution in [1.82, 2.24) is 15.6 Å². The molecule has 0 spiro atoms. The molecule has 0 radical (unpaired) electrons. The minimum Gasteiger partial charge on any atom is -0.469 e. The van der Waals surface area contributed by atoms with Gasteiger partial charge in [0, 0.05) is 24.0 Å². The Hall–Kier alpha value is -1.96. The highest BCUT2D eigenvalue weighted by molar-refractivity contribution is 14.0. The van der Waals surface area contributed by atoms with E-state index in [9.17, 15) is 8.42 Å². The van der Waals surface area contributed by atoms with Gasteiger partial charge in [0.15, 0.2) is 5.96 Å². The van der Waals surface area contributed by atoms with Crippen LogP contribution in [0.2, 0.25) is 0 Å². The van der Waals surface area contributed by atoms with E-state index in [0.717, 1.165) is 27.6 Å². The van der Waals surface area contributed by atoms with Crippen LogP contribution in [0.3, 0.4) is 0 Å². The maximum absolute atomic E-state index is 11.4. The maximum Gasteiger partial charge on any atom is 0.238 e. The Morgan fingerprint density at radius 3 is 2.60 bits per heavy atom. The lowest BCUT2D eigenvalue weighted by atomic mass is 10.2. The molecule has 11 heteroatoms. The van der Waals surface area contributed by atoms with Gasteiger partial charge in [-0.1, -0.05) is 12.1 Å². The van der Waals surface area contributed by atoms with Crippen molar-refractivity contribution in [1.29, 1.82) is 0 Å². The molecule has 30 heavy (non-hydrogen) atoms. The third-order valence-corrected chi connectivity index (χ3v) is 5.83. The molecule has 4 N–H and O–H groups in total. The number of nitrogens with two attached hydrogens (primary N) is 1. The van der Waals surface area contributed by atoms with Crippen LogP contribution < -0.4 is 15.8 Å². The van der Waals surface area contributed by atoms with Crippen molar-refractivity contribution in [3.63, 3.8) is 0 Å². The van der Waals surface area contributed by atoms with Gasteiger partial charge < -0.3 is 15.1 Å². The molecule has 2 heterocycles. The number of thiazole rings is 1. The van der Waals surface area contributed by atoms with Crippen LogP contribution in [-0.2, 0) is 29.5 Å². The molecule has 0 fully saturated rings. The molecular formula is C19H24IN5O3S2. The molecule has 0 atom stereocenters. The number of aromatic nitrogens is 1. The van der Waals surface area contributed by atoms with Crippen LogP contribution in [0.4, 0.5) is 0 Å². The lowest BCUT2D eigenvalue weighted by molar-refractivity contribution is 0.506. The predicted molar refractivity (Wildman–Crippen MR) is 128 cm³/mol. The Morgan fingerprint density at radius 1 is 1.23 bits per heavy atom. The zero-order valence-electron chi connectivity index (χ0n) is 16.4. The van der Waals surface area contributed by atoms with Gasteiger partial charge in [-0.3, -0.25) is 0 Å². The van der Waals surface area contributed by atoms with Gasteiger partial charge in [-0.15, -0.1) is 35.3 Å². The number of halogens is 1. The van der Waals surface area contributed by atoms with E-state index >= 15 is 0 Å². The van der Waals surface area contributed by atoms with Crippen LogP contribution in [0.1, 0.15) is 21.2 Å². The van der Waals surface area contributed by atoms with Gasteiger partial charge in [-0.05, 0) is 36.8 Å². The molecule has 0 aliphatic heterocycles. The third-order valence-electron chi connectivity index (χ3n) is 3.99. The summed E-state index contributed by atoms with van der Waals surface area (Å²) in [5.74, 6) is 1.53. The molecule has 0 aliphatic carbocycles. The molecule has 0 saturated heterocycles. The number of aliphatic imine (C=N–C) groups is 1. The lowest BCUT2D eigenvalue weighted by Gasteiger charge is -2.11. The predicted octanol–water partition coefficient (Wildman–Crippen LogP) is 2.79. The minimum atomic E-state index is -3.70. The van der Waals surface area contributed by atoms with Crippen molar-refractivity contribution in [2.24, 2.45) is 10.1 Å². The van der Waals surface area contributed by atoms with E-state index in [2.05, 4.69) is 20.6 Å². The molecular weight excluding hydrogens is 537 g/mol. The fourth-order valence-electron chi connectivity index (χ4n) is 2.53. The number of rotatable bonds is 8.